The Morgan fingerprint density at radius 3 is 3.07 bits per heavy atom. The van der Waals surface area contributed by atoms with E-state index in [1.54, 1.807) is 13.0 Å². The predicted octanol–water partition coefficient (Wildman–Crippen LogP) is 0.330. The molecule has 1 atom stereocenters. The highest BCUT2D eigenvalue weighted by molar-refractivity contribution is 7.09. The maximum absolute atomic E-state index is 11.7. The van der Waals surface area contributed by atoms with Gasteiger partial charge in [0, 0.05) is 17.1 Å². The van der Waals surface area contributed by atoms with Gasteiger partial charge in [-0.15, -0.1) is 0 Å². The van der Waals surface area contributed by atoms with Crippen molar-refractivity contribution in [1.82, 2.24) is 9.36 Å². The van der Waals surface area contributed by atoms with E-state index in [9.17, 15) is 9.59 Å². The molecule has 15 heavy (non-hydrogen) atoms. The summed E-state index contributed by atoms with van der Waals surface area (Å²) in [6, 6.07) is 0. The summed E-state index contributed by atoms with van der Waals surface area (Å²) in [6.45, 7) is 1.96. The average molecular weight is 225 g/mol. The normalized spacial score (nSPS) is 20.3. The molecule has 1 aromatic rings. The Balaban J connectivity index is 2.30. The minimum Gasteiger partial charge on any atom is -0.439 e. The van der Waals surface area contributed by atoms with Gasteiger partial charge in [0.2, 0.25) is 11.4 Å². The fourth-order valence-electron chi connectivity index (χ4n) is 1.29. The van der Waals surface area contributed by atoms with Gasteiger partial charge >= 0.3 is 0 Å². The Morgan fingerprint density at radius 1 is 1.67 bits per heavy atom. The molecule has 2 heterocycles. The van der Waals surface area contributed by atoms with Crippen LogP contribution in [-0.4, -0.2) is 28.0 Å². The van der Waals surface area contributed by atoms with E-state index in [-0.39, 0.29) is 5.91 Å². The molecule has 6 nitrogen and oxygen atoms in total. The fourth-order valence-corrected chi connectivity index (χ4v) is 1.85. The molecule has 0 aliphatic carbocycles. The largest absolute Gasteiger partial charge is 0.439 e. The SMILES string of the molecule is CC1=CC(OC=O)N(c2ncns2)C1=O. The molecule has 7 heteroatoms. The molecule has 0 saturated carbocycles. The van der Waals surface area contributed by atoms with Crippen LogP contribution in [0.25, 0.3) is 0 Å². The Labute approximate surface area is 89.3 Å². The number of hydrogen-bond donors (Lipinski definition) is 0. The second kappa shape index (κ2) is 3.77. The van der Waals surface area contributed by atoms with E-state index in [4.69, 9.17) is 4.74 Å². The Kier molecular flexibility index (Phi) is 2.46. The first-order chi connectivity index (χ1) is 7.24. The molecule has 0 spiro atoms. The number of ether oxygens (including phenoxy) is 1. The molecule has 2 rings (SSSR count). The second-order valence-corrected chi connectivity index (χ2v) is 3.63. The van der Waals surface area contributed by atoms with Crippen LogP contribution in [0.4, 0.5) is 5.13 Å². The van der Waals surface area contributed by atoms with Crippen molar-refractivity contribution in [3.05, 3.63) is 18.0 Å². The molecule has 1 aromatic heterocycles. The zero-order valence-electron chi connectivity index (χ0n) is 7.78. The lowest BCUT2D eigenvalue weighted by Crippen LogP contribution is -2.35. The minimum atomic E-state index is -0.706. The van der Waals surface area contributed by atoms with Crippen LogP contribution >= 0.6 is 11.5 Å². The van der Waals surface area contributed by atoms with E-state index in [2.05, 4.69) is 9.36 Å². The molecule has 0 bridgehead atoms. The molecule has 1 aliphatic heterocycles. The van der Waals surface area contributed by atoms with E-state index in [1.165, 1.54) is 11.2 Å². The Hall–Kier alpha value is -1.76. The van der Waals surface area contributed by atoms with Gasteiger partial charge in [-0.2, -0.15) is 4.37 Å². The molecular formula is C8H7N3O3S. The van der Waals surface area contributed by atoms with Crippen molar-refractivity contribution in [1.29, 1.82) is 0 Å². The fraction of sp³-hybridized carbons (Fsp3) is 0.250. The van der Waals surface area contributed by atoms with Crippen molar-refractivity contribution in [3.63, 3.8) is 0 Å². The lowest BCUT2D eigenvalue weighted by Gasteiger charge is -2.19. The van der Waals surface area contributed by atoms with Gasteiger partial charge in [0.15, 0.2) is 0 Å². The molecule has 0 saturated heterocycles. The van der Waals surface area contributed by atoms with Crippen LogP contribution in [0.15, 0.2) is 18.0 Å². The number of anilines is 1. The third-order valence-corrected chi connectivity index (χ3v) is 2.62. The lowest BCUT2D eigenvalue weighted by atomic mass is 10.3. The first-order valence-corrected chi connectivity index (χ1v) is 4.89. The summed E-state index contributed by atoms with van der Waals surface area (Å²) < 4.78 is 8.56. The summed E-state index contributed by atoms with van der Waals surface area (Å²) in [4.78, 5) is 27.1. The summed E-state index contributed by atoms with van der Waals surface area (Å²) >= 11 is 1.07. The zero-order chi connectivity index (χ0) is 10.8. The number of carbonyl (C=O) groups excluding carboxylic acids is 2. The van der Waals surface area contributed by atoms with Gasteiger partial charge in [-0.05, 0) is 13.0 Å². The summed E-state index contributed by atoms with van der Waals surface area (Å²) in [5.74, 6) is -0.224. The molecule has 78 valence electrons. The maximum atomic E-state index is 11.7. The van der Waals surface area contributed by atoms with Gasteiger partial charge in [0.1, 0.15) is 6.33 Å². The molecule has 1 amide bonds. The molecule has 0 fully saturated rings. The van der Waals surface area contributed by atoms with Crippen LogP contribution < -0.4 is 4.90 Å². The highest BCUT2D eigenvalue weighted by Gasteiger charge is 2.34. The van der Waals surface area contributed by atoms with Gasteiger partial charge in [0.25, 0.3) is 12.4 Å². The smallest absolute Gasteiger partial charge is 0.295 e. The molecule has 0 aromatic carbocycles. The van der Waals surface area contributed by atoms with E-state index < -0.39 is 6.23 Å². The minimum absolute atomic E-state index is 0.224. The monoisotopic (exact) mass is 225 g/mol. The first-order valence-electron chi connectivity index (χ1n) is 4.12. The zero-order valence-corrected chi connectivity index (χ0v) is 8.60. The van der Waals surface area contributed by atoms with Crippen molar-refractivity contribution in [2.45, 2.75) is 13.2 Å². The molecule has 0 radical (unpaired) electrons. The van der Waals surface area contributed by atoms with Crippen LogP contribution in [-0.2, 0) is 14.3 Å². The maximum Gasteiger partial charge on any atom is 0.295 e. The molecule has 0 N–H and O–H groups in total. The number of nitrogens with zero attached hydrogens (tertiary/aromatic N) is 3. The average Bonchev–Trinajstić information content (AvgIpc) is 2.78. The second-order valence-electron chi connectivity index (χ2n) is 2.87. The lowest BCUT2D eigenvalue weighted by molar-refractivity contribution is -0.132. The number of aromatic nitrogens is 2. The number of hydrogen-bond acceptors (Lipinski definition) is 6. The van der Waals surface area contributed by atoms with Crippen molar-refractivity contribution in [3.8, 4) is 0 Å². The van der Waals surface area contributed by atoms with Crippen LogP contribution in [0.3, 0.4) is 0 Å². The van der Waals surface area contributed by atoms with Crippen molar-refractivity contribution < 1.29 is 14.3 Å². The standard InChI is InChI=1S/C8H7N3O3S/c1-5-2-6(14-4-12)11(7(5)13)8-9-3-10-15-8/h2-4,6H,1H3. The van der Waals surface area contributed by atoms with Crippen LogP contribution in [0.2, 0.25) is 0 Å². The van der Waals surface area contributed by atoms with Crippen LogP contribution in [0.1, 0.15) is 6.92 Å². The van der Waals surface area contributed by atoms with Gasteiger partial charge in [-0.25, -0.2) is 9.88 Å². The highest BCUT2D eigenvalue weighted by Crippen LogP contribution is 2.26. The van der Waals surface area contributed by atoms with Gasteiger partial charge in [-0.3, -0.25) is 9.59 Å². The molecular weight excluding hydrogens is 218 g/mol. The van der Waals surface area contributed by atoms with Gasteiger partial charge in [-0.1, -0.05) is 0 Å². The van der Waals surface area contributed by atoms with E-state index >= 15 is 0 Å². The number of rotatable bonds is 3. The molecule has 1 unspecified atom stereocenters. The predicted molar refractivity (Wildman–Crippen MR) is 52.1 cm³/mol. The first kappa shape index (κ1) is 9.78. The van der Waals surface area contributed by atoms with E-state index in [0.717, 1.165) is 11.5 Å². The number of amides is 1. The topological polar surface area (TPSA) is 72.4 Å². The van der Waals surface area contributed by atoms with Crippen molar-refractivity contribution in [2.75, 3.05) is 4.90 Å². The summed E-state index contributed by atoms with van der Waals surface area (Å²) in [5.41, 5.74) is 0.525. The number of carbonyl (C=O) groups is 2. The Bertz CT molecular complexity index is 415. The van der Waals surface area contributed by atoms with Gasteiger partial charge < -0.3 is 4.74 Å². The van der Waals surface area contributed by atoms with Gasteiger partial charge in [0.05, 0.1) is 0 Å². The van der Waals surface area contributed by atoms with Crippen LogP contribution in [0, 0.1) is 0 Å². The third-order valence-electron chi connectivity index (χ3n) is 1.95. The third kappa shape index (κ3) is 1.61. The van der Waals surface area contributed by atoms with Crippen molar-refractivity contribution >= 4 is 29.0 Å². The highest BCUT2D eigenvalue weighted by atomic mass is 32.1. The van der Waals surface area contributed by atoms with E-state index in [1.807, 2.05) is 0 Å². The summed E-state index contributed by atoms with van der Waals surface area (Å²) in [7, 11) is 0. The summed E-state index contributed by atoms with van der Waals surface area (Å²) in [5, 5.41) is 0.417. The molecule has 1 aliphatic rings. The van der Waals surface area contributed by atoms with Crippen molar-refractivity contribution in [2.24, 2.45) is 0 Å². The Morgan fingerprint density at radius 2 is 2.47 bits per heavy atom. The van der Waals surface area contributed by atoms with Crippen LogP contribution in [0.5, 0.6) is 0 Å². The quantitative estimate of drug-likeness (QED) is 0.693. The van der Waals surface area contributed by atoms with E-state index in [0.29, 0.717) is 17.2 Å². The summed E-state index contributed by atoms with van der Waals surface area (Å²) in [6.07, 6.45) is 2.21.